The Kier molecular flexibility index (Phi) is 4.25. The highest BCUT2D eigenvalue weighted by Crippen LogP contribution is 2.39. The van der Waals surface area contributed by atoms with Gasteiger partial charge >= 0.3 is 5.97 Å². The SMILES string of the molecule is CC[C@H]1CN(Cc2ccccc2)C[C@]1(C)C(=O)OC. The van der Waals surface area contributed by atoms with Crippen LogP contribution in [0.5, 0.6) is 0 Å². The minimum Gasteiger partial charge on any atom is -0.469 e. The third kappa shape index (κ3) is 2.81. The Hall–Kier alpha value is -1.35. The first-order valence-electron chi connectivity index (χ1n) is 6.95. The quantitative estimate of drug-likeness (QED) is 0.780. The van der Waals surface area contributed by atoms with Gasteiger partial charge in [0.15, 0.2) is 0 Å². The molecule has 0 bridgehead atoms. The number of carbonyl (C=O) groups is 1. The van der Waals surface area contributed by atoms with Gasteiger partial charge in [-0.25, -0.2) is 0 Å². The summed E-state index contributed by atoms with van der Waals surface area (Å²) in [6, 6.07) is 10.4. The Labute approximate surface area is 115 Å². The number of methoxy groups -OCH3 is 1. The van der Waals surface area contributed by atoms with E-state index in [-0.39, 0.29) is 11.4 Å². The topological polar surface area (TPSA) is 29.5 Å². The zero-order valence-electron chi connectivity index (χ0n) is 12.1. The first-order valence-corrected chi connectivity index (χ1v) is 6.95. The molecule has 0 unspecified atom stereocenters. The maximum Gasteiger partial charge on any atom is 0.313 e. The molecule has 1 aliphatic rings. The fourth-order valence-corrected chi connectivity index (χ4v) is 3.18. The van der Waals surface area contributed by atoms with Crippen molar-refractivity contribution in [2.75, 3.05) is 20.2 Å². The second-order valence-electron chi connectivity index (χ2n) is 5.67. The van der Waals surface area contributed by atoms with Crippen LogP contribution in [0.1, 0.15) is 25.8 Å². The van der Waals surface area contributed by atoms with Gasteiger partial charge in [0.25, 0.3) is 0 Å². The summed E-state index contributed by atoms with van der Waals surface area (Å²) >= 11 is 0. The molecule has 3 heteroatoms. The van der Waals surface area contributed by atoms with E-state index in [0.717, 1.165) is 26.1 Å². The molecule has 2 rings (SSSR count). The second kappa shape index (κ2) is 5.74. The van der Waals surface area contributed by atoms with Gasteiger partial charge in [0.2, 0.25) is 0 Å². The molecule has 1 aliphatic heterocycles. The van der Waals surface area contributed by atoms with Crippen molar-refractivity contribution in [1.82, 2.24) is 4.90 Å². The molecule has 1 aromatic rings. The highest BCUT2D eigenvalue weighted by atomic mass is 16.5. The van der Waals surface area contributed by atoms with Crippen LogP contribution >= 0.6 is 0 Å². The van der Waals surface area contributed by atoms with E-state index in [2.05, 4.69) is 36.1 Å². The van der Waals surface area contributed by atoms with Crippen molar-refractivity contribution >= 4 is 5.97 Å². The summed E-state index contributed by atoms with van der Waals surface area (Å²) in [5.41, 5.74) is 0.935. The molecule has 1 saturated heterocycles. The van der Waals surface area contributed by atoms with Crippen molar-refractivity contribution in [1.29, 1.82) is 0 Å². The summed E-state index contributed by atoms with van der Waals surface area (Å²) in [6.45, 7) is 6.85. The summed E-state index contributed by atoms with van der Waals surface area (Å²) in [6.07, 6.45) is 1.01. The van der Waals surface area contributed by atoms with Gasteiger partial charge < -0.3 is 4.74 Å². The van der Waals surface area contributed by atoms with Crippen molar-refractivity contribution < 1.29 is 9.53 Å². The van der Waals surface area contributed by atoms with E-state index >= 15 is 0 Å². The molecular formula is C16H23NO2. The number of ether oxygens (including phenoxy) is 1. The number of carbonyl (C=O) groups excluding carboxylic acids is 1. The summed E-state index contributed by atoms with van der Waals surface area (Å²) in [5, 5.41) is 0. The van der Waals surface area contributed by atoms with Crippen molar-refractivity contribution in [3.05, 3.63) is 35.9 Å². The zero-order chi connectivity index (χ0) is 13.9. The van der Waals surface area contributed by atoms with Crippen LogP contribution in [0, 0.1) is 11.3 Å². The smallest absolute Gasteiger partial charge is 0.313 e. The van der Waals surface area contributed by atoms with E-state index < -0.39 is 0 Å². The molecule has 0 spiro atoms. The molecule has 1 heterocycles. The lowest BCUT2D eigenvalue weighted by atomic mass is 9.78. The molecule has 0 N–H and O–H groups in total. The van der Waals surface area contributed by atoms with E-state index in [0.29, 0.717) is 5.92 Å². The number of hydrogen-bond acceptors (Lipinski definition) is 3. The average Bonchev–Trinajstić information content (AvgIpc) is 2.76. The van der Waals surface area contributed by atoms with Gasteiger partial charge in [-0.05, 0) is 18.4 Å². The summed E-state index contributed by atoms with van der Waals surface area (Å²) < 4.78 is 5.00. The van der Waals surface area contributed by atoms with Gasteiger partial charge in [0, 0.05) is 19.6 Å². The molecule has 0 saturated carbocycles. The van der Waals surface area contributed by atoms with Gasteiger partial charge in [-0.3, -0.25) is 9.69 Å². The molecule has 0 aliphatic carbocycles. The maximum absolute atomic E-state index is 12.1. The minimum absolute atomic E-state index is 0.0742. The summed E-state index contributed by atoms with van der Waals surface area (Å²) in [5.74, 6) is 0.304. The number of rotatable bonds is 4. The number of hydrogen-bond donors (Lipinski definition) is 0. The minimum atomic E-state index is -0.363. The predicted molar refractivity (Wildman–Crippen MR) is 75.6 cm³/mol. The normalized spacial score (nSPS) is 27.4. The van der Waals surface area contributed by atoms with Gasteiger partial charge in [-0.15, -0.1) is 0 Å². The lowest BCUT2D eigenvalue weighted by Gasteiger charge is -2.26. The second-order valence-corrected chi connectivity index (χ2v) is 5.67. The summed E-state index contributed by atoms with van der Waals surface area (Å²) in [7, 11) is 1.49. The van der Waals surface area contributed by atoms with Gasteiger partial charge in [0.1, 0.15) is 0 Å². The van der Waals surface area contributed by atoms with Crippen LogP contribution in [0.25, 0.3) is 0 Å². The predicted octanol–water partition coefficient (Wildman–Crippen LogP) is 2.71. The van der Waals surface area contributed by atoms with Crippen LogP contribution in [0.4, 0.5) is 0 Å². The fraction of sp³-hybridized carbons (Fsp3) is 0.562. The van der Waals surface area contributed by atoms with Crippen LogP contribution in [-0.4, -0.2) is 31.1 Å². The lowest BCUT2D eigenvalue weighted by Crippen LogP contribution is -2.36. The Balaban J connectivity index is 2.09. The van der Waals surface area contributed by atoms with Crippen LogP contribution < -0.4 is 0 Å². The molecule has 0 radical (unpaired) electrons. The Bertz CT molecular complexity index is 432. The van der Waals surface area contributed by atoms with Crippen LogP contribution in [-0.2, 0) is 16.1 Å². The van der Waals surface area contributed by atoms with Crippen LogP contribution in [0.15, 0.2) is 30.3 Å². The molecule has 19 heavy (non-hydrogen) atoms. The van der Waals surface area contributed by atoms with Crippen molar-refractivity contribution in [2.24, 2.45) is 11.3 Å². The Morgan fingerprint density at radius 1 is 1.42 bits per heavy atom. The molecular weight excluding hydrogens is 238 g/mol. The van der Waals surface area contributed by atoms with E-state index in [1.165, 1.54) is 12.7 Å². The van der Waals surface area contributed by atoms with Crippen LogP contribution in [0.2, 0.25) is 0 Å². The number of benzene rings is 1. The van der Waals surface area contributed by atoms with Gasteiger partial charge in [-0.2, -0.15) is 0 Å². The van der Waals surface area contributed by atoms with Crippen molar-refractivity contribution in [3.63, 3.8) is 0 Å². The lowest BCUT2D eigenvalue weighted by molar-refractivity contribution is -0.153. The highest BCUT2D eigenvalue weighted by Gasteiger charge is 2.48. The van der Waals surface area contributed by atoms with E-state index in [4.69, 9.17) is 4.74 Å². The third-order valence-electron chi connectivity index (χ3n) is 4.33. The largest absolute Gasteiger partial charge is 0.469 e. The van der Waals surface area contributed by atoms with Crippen molar-refractivity contribution in [2.45, 2.75) is 26.8 Å². The highest BCUT2D eigenvalue weighted by molar-refractivity contribution is 5.77. The maximum atomic E-state index is 12.1. The molecule has 3 nitrogen and oxygen atoms in total. The summed E-state index contributed by atoms with van der Waals surface area (Å²) in [4.78, 5) is 14.4. The molecule has 0 aromatic heterocycles. The monoisotopic (exact) mass is 261 g/mol. The van der Waals surface area contributed by atoms with Gasteiger partial charge in [0.05, 0.1) is 12.5 Å². The van der Waals surface area contributed by atoms with Crippen LogP contribution in [0.3, 0.4) is 0 Å². The number of esters is 1. The van der Waals surface area contributed by atoms with Gasteiger partial charge in [-0.1, -0.05) is 43.7 Å². The average molecular weight is 261 g/mol. The molecule has 2 atom stereocenters. The third-order valence-corrected chi connectivity index (χ3v) is 4.33. The number of likely N-dealkylation sites (tertiary alicyclic amines) is 1. The molecule has 0 amide bonds. The first kappa shape index (κ1) is 14.1. The zero-order valence-corrected chi connectivity index (χ0v) is 12.1. The molecule has 104 valence electrons. The van der Waals surface area contributed by atoms with E-state index in [1.807, 2.05) is 13.0 Å². The standard InChI is InChI=1S/C16H23NO2/c1-4-14-11-17(10-13-8-6-5-7-9-13)12-16(14,2)15(18)19-3/h5-9,14H,4,10-12H2,1-3H3/t14-,16-/m0/s1. The fourth-order valence-electron chi connectivity index (χ4n) is 3.18. The van der Waals surface area contributed by atoms with E-state index in [9.17, 15) is 4.79 Å². The van der Waals surface area contributed by atoms with E-state index in [1.54, 1.807) is 0 Å². The van der Waals surface area contributed by atoms with Crippen molar-refractivity contribution in [3.8, 4) is 0 Å². The molecule has 1 aromatic carbocycles. The Morgan fingerprint density at radius 3 is 2.68 bits per heavy atom. The first-order chi connectivity index (χ1) is 9.10. The number of nitrogens with zero attached hydrogens (tertiary/aromatic N) is 1. The molecule has 1 fully saturated rings. The Morgan fingerprint density at radius 2 is 2.11 bits per heavy atom.